The van der Waals surface area contributed by atoms with Crippen molar-refractivity contribution in [3.63, 3.8) is 0 Å². The smallest absolute Gasteiger partial charge is 0.354 e. The molecular formula is C15H22N2O3. The first-order valence-electron chi connectivity index (χ1n) is 7.09. The standard InChI is InChI=1S/C15H22N2O3/c1-3-5-8-11(7-4-2)16-14(18)12-9-6-10-13(17-12)15(19)20/h6,9-11H,3-5,7-8H2,1-2H3,(H,16,18)(H,19,20). The quantitative estimate of drug-likeness (QED) is 0.766. The van der Waals surface area contributed by atoms with E-state index in [0.717, 1.165) is 32.1 Å². The van der Waals surface area contributed by atoms with Crippen LogP contribution >= 0.6 is 0 Å². The molecule has 2 N–H and O–H groups in total. The summed E-state index contributed by atoms with van der Waals surface area (Å²) in [6.07, 6.45) is 5.01. The number of hydrogen-bond acceptors (Lipinski definition) is 3. The van der Waals surface area contributed by atoms with Crippen LogP contribution in [-0.4, -0.2) is 28.0 Å². The molecule has 0 aliphatic rings. The van der Waals surface area contributed by atoms with E-state index in [-0.39, 0.29) is 23.3 Å². The highest BCUT2D eigenvalue weighted by molar-refractivity contribution is 5.94. The first-order chi connectivity index (χ1) is 9.58. The van der Waals surface area contributed by atoms with Crippen molar-refractivity contribution in [3.8, 4) is 0 Å². The third-order valence-corrected chi connectivity index (χ3v) is 3.08. The Bertz CT molecular complexity index is 460. The zero-order chi connectivity index (χ0) is 15.0. The normalized spacial score (nSPS) is 11.9. The van der Waals surface area contributed by atoms with Crippen molar-refractivity contribution in [1.82, 2.24) is 10.3 Å². The average molecular weight is 278 g/mol. The van der Waals surface area contributed by atoms with E-state index >= 15 is 0 Å². The van der Waals surface area contributed by atoms with Gasteiger partial charge in [0.05, 0.1) is 0 Å². The van der Waals surface area contributed by atoms with Crippen molar-refractivity contribution in [2.24, 2.45) is 0 Å². The minimum atomic E-state index is -1.13. The Balaban J connectivity index is 2.72. The van der Waals surface area contributed by atoms with Gasteiger partial charge in [-0.1, -0.05) is 39.2 Å². The number of aromatic carboxylic acids is 1. The number of carboxylic acids is 1. The number of pyridine rings is 1. The van der Waals surface area contributed by atoms with E-state index in [9.17, 15) is 9.59 Å². The second kappa shape index (κ2) is 8.30. The molecule has 0 aromatic carbocycles. The van der Waals surface area contributed by atoms with Crippen LogP contribution in [-0.2, 0) is 0 Å². The van der Waals surface area contributed by atoms with Crippen LogP contribution in [0.2, 0.25) is 0 Å². The molecule has 0 aliphatic carbocycles. The number of carbonyl (C=O) groups is 2. The zero-order valence-electron chi connectivity index (χ0n) is 12.1. The van der Waals surface area contributed by atoms with Crippen LogP contribution in [0.4, 0.5) is 0 Å². The fourth-order valence-corrected chi connectivity index (χ4v) is 2.03. The first-order valence-corrected chi connectivity index (χ1v) is 7.09. The third-order valence-electron chi connectivity index (χ3n) is 3.08. The summed E-state index contributed by atoms with van der Waals surface area (Å²) in [4.78, 5) is 26.8. The molecule has 1 atom stereocenters. The molecule has 1 unspecified atom stereocenters. The van der Waals surface area contributed by atoms with Crippen molar-refractivity contribution in [1.29, 1.82) is 0 Å². The summed E-state index contributed by atoms with van der Waals surface area (Å²) < 4.78 is 0. The number of carbonyl (C=O) groups excluding carboxylic acids is 1. The summed E-state index contributed by atoms with van der Waals surface area (Å²) >= 11 is 0. The van der Waals surface area contributed by atoms with Crippen molar-refractivity contribution >= 4 is 11.9 Å². The number of amides is 1. The average Bonchev–Trinajstić information content (AvgIpc) is 2.45. The van der Waals surface area contributed by atoms with E-state index in [1.807, 2.05) is 0 Å². The molecule has 110 valence electrons. The fourth-order valence-electron chi connectivity index (χ4n) is 2.03. The minimum absolute atomic E-state index is 0.113. The minimum Gasteiger partial charge on any atom is -0.477 e. The molecule has 1 amide bonds. The van der Waals surface area contributed by atoms with E-state index < -0.39 is 5.97 Å². The maximum absolute atomic E-state index is 12.1. The lowest BCUT2D eigenvalue weighted by molar-refractivity contribution is 0.0690. The van der Waals surface area contributed by atoms with Gasteiger partial charge >= 0.3 is 5.97 Å². The second-order valence-corrected chi connectivity index (χ2v) is 4.81. The Morgan fingerprint density at radius 2 is 1.90 bits per heavy atom. The van der Waals surface area contributed by atoms with Gasteiger partial charge in [0.1, 0.15) is 11.4 Å². The van der Waals surface area contributed by atoms with Crippen molar-refractivity contribution in [3.05, 3.63) is 29.6 Å². The van der Waals surface area contributed by atoms with E-state index in [0.29, 0.717) is 0 Å². The molecule has 5 nitrogen and oxygen atoms in total. The molecule has 1 rings (SSSR count). The lowest BCUT2D eigenvalue weighted by atomic mass is 10.0. The van der Waals surface area contributed by atoms with Gasteiger partial charge in [0.2, 0.25) is 0 Å². The lowest BCUT2D eigenvalue weighted by Crippen LogP contribution is -2.35. The van der Waals surface area contributed by atoms with Gasteiger partial charge in [0.25, 0.3) is 5.91 Å². The Hall–Kier alpha value is -1.91. The summed E-state index contributed by atoms with van der Waals surface area (Å²) in [5.74, 6) is -1.43. The highest BCUT2D eigenvalue weighted by Crippen LogP contribution is 2.08. The molecule has 0 aliphatic heterocycles. The van der Waals surface area contributed by atoms with Crippen LogP contribution in [0.3, 0.4) is 0 Å². The Labute approximate surface area is 119 Å². The highest BCUT2D eigenvalue weighted by Gasteiger charge is 2.15. The number of aromatic nitrogens is 1. The van der Waals surface area contributed by atoms with Gasteiger partial charge in [-0.15, -0.1) is 0 Å². The maximum Gasteiger partial charge on any atom is 0.354 e. The summed E-state index contributed by atoms with van der Waals surface area (Å²) in [6.45, 7) is 4.19. The van der Waals surface area contributed by atoms with E-state index in [1.54, 1.807) is 0 Å². The van der Waals surface area contributed by atoms with Gasteiger partial charge < -0.3 is 10.4 Å². The molecule has 20 heavy (non-hydrogen) atoms. The highest BCUT2D eigenvalue weighted by atomic mass is 16.4. The molecule has 1 aromatic heterocycles. The fraction of sp³-hybridized carbons (Fsp3) is 0.533. The molecule has 0 saturated heterocycles. The molecular weight excluding hydrogens is 256 g/mol. The number of nitrogens with zero attached hydrogens (tertiary/aromatic N) is 1. The third kappa shape index (κ3) is 4.99. The van der Waals surface area contributed by atoms with Crippen LogP contribution in [0.25, 0.3) is 0 Å². The van der Waals surface area contributed by atoms with Gasteiger partial charge in [-0.25, -0.2) is 9.78 Å². The predicted octanol–water partition coefficient (Wildman–Crippen LogP) is 2.87. The molecule has 0 fully saturated rings. The van der Waals surface area contributed by atoms with Crippen molar-refractivity contribution in [2.45, 2.75) is 52.0 Å². The molecule has 0 radical (unpaired) electrons. The zero-order valence-corrected chi connectivity index (χ0v) is 12.1. The maximum atomic E-state index is 12.1. The second-order valence-electron chi connectivity index (χ2n) is 4.81. The van der Waals surface area contributed by atoms with Crippen LogP contribution < -0.4 is 5.32 Å². The molecule has 0 bridgehead atoms. The van der Waals surface area contributed by atoms with Crippen molar-refractivity contribution < 1.29 is 14.7 Å². The summed E-state index contributed by atoms with van der Waals surface area (Å²) in [5.41, 5.74) is 0.0424. The van der Waals surface area contributed by atoms with E-state index in [4.69, 9.17) is 5.11 Å². The van der Waals surface area contributed by atoms with Crippen LogP contribution in [0.5, 0.6) is 0 Å². The topological polar surface area (TPSA) is 79.3 Å². The SMILES string of the molecule is CCCCC(CCC)NC(=O)c1cccc(C(=O)O)n1. The summed E-state index contributed by atoms with van der Waals surface area (Å²) in [7, 11) is 0. The summed E-state index contributed by atoms with van der Waals surface area (Å²) in [6, 6.07) is 4.57. The van der Waals surface area contributed by atoms with E-state index in [1.165, 1.54) is 18.2 Å². The van der Waals surface area contributed by atoms with Crippen molar-refractivity contribution in [2.75, 3.05) is 0 Å². The number of unbranched alkanes of at least 4 members (excludes halogenated alkanes) is 1. The lowest BCUT2D eigenvalue weighted by Gasteiger charge is -2.17. The molecule has 0 saturated carbocycles. The van der Waals surface area contributed by atoms with Gasteiger partial charge in [-0.05, 0) is 25.0 Å². The Morgan fingerprint density at radius 3 is 2.50 bits per heavy atom. The summed E-state index contributed by atoms with van der Waals surface area (Å²) in [5, 5.41) is 11.8. The van der Waals surface area contributed by atoms with Gasteiger partial charge in [-0.2, -0.15) is 0 Å². The Morgan fingerprint density at radius 1 is 1.20 bits per heavy atom. The number of nitrogens with one attached hydrogen (secondary N) is 1. The largest absolute Gasteiger partial charge is 0.477 e. The van der Waals surface area contributed by atoms with Gasteiger partial charge in [0.15, 0.2) is 0 Å². The van der Waals surface area contributed by atoms with Crippen LogP contribution in [0.1, 0.15) is 66.9 Å². The molecule has 1 heterocycles. The Kier molecular flexibility index (Phi) is 6.70. The molecule has 0 spiro atoms. The molecule has 5 heteroatoms. The van der Waals surface area contributed by atoms with Gasteiger partial charge in [0, 0.05) is 6.04 Å². The predicted molar refractivity (Wildman–Crippen MR) is 76.9 cm³/mol. The number of rotatable bonds is 8. The molecule has 1 aromatic rings. The number of hydrogen-bond donors (Lipinski definition) is 2. The van der Waals surface area contributed by atoms with Crippen LogP contribution in [0.15, 0.2) is 18.2 Å². The first kappa shape index (κ1) is 16.1. The van der Waals surface area contributed by atoms with Crippen LogP contribution in [0, 0.1) is 0 Å². The van der Waals surface area contributed by atoms with Gasteiger partial charge in [-0.3, -0.25) is 4.79 Å². The number of carboxylic acid groups (broad SMARTS) is 1. The monoisotopic (exact) mass is 278 g/mol. The van der Waals surface area contributed by atoms with E-state index in [2.05, 4.69) is 24.1 Å².